The maximum absolute atomic E-state index is 12.5. The number of aromatic nitrogens is 3. The Hall–Kier alpha value is -2.74. The Kier molecular flexibility index (Phi) is 5.07. The van der Waals surface area contributed by atoms with E-state index in [1.165, 1.54) is 18.0 Å². The molecule has 0 aliphatic heterocycles. The number of rotatable bonds is 7. The molecule has 1 aromatic carbocycles. The predicted octanol–water partition coefficient (Wildman–Crippen LogP) is 0.541. The minimum absolute atomic E-state index is 0.129. The molecule has 0 radical (unpaired) electrons. The van der Waals surface area contributed by atoms with Crippen LogP contribution in [0.5, 0.6) is 0 Å². The van der Waals surface area contributed by atoms with Crippen LogP contribution >= 0.6 is 0 Å². The average molecular weight is 318 g/mol. The maximum atomic E-state index is 12.5. The molecule has 0 saturated heterocycles. The summed E-state index contributed by atoms with van der Waals surface area (Å²) in [5.41, 5.74) is 0.0684. The van der Waals surface area contributed by atoms with Crippen molar-refractivity contribution in [3.05, 3.63) is 47.8 Å². The fourth-order valence-electron chi connectivity index (χ4n) is 2.07. The molecule has 8 heteroatoms. The Bertz CT molecular complexity index is 686. The van der Waals surface area contributed by atoms with Crippen molar-refractivity contribution in [1.82, 2.24) is 20.3 Å². The second-order valence-corrected chi connectivity index (χ2v) is 5.09. The third-order valence-corrected chi connectivity index (χ3v) is 3.48. The van der Waals surface area contributed by atoms with Crippen LogP contribution in [0.2, 0.25) is 0 Å². The smallest absolute Gasteiger partial charge is 0.325 e. The lowest BCUT2D eigenvalue weighted by molar-refractivity contribution is -0.143. The molecule has 0 saturated carbocycles. The number of ether oxygens (including phenoxy) is 1. The molecule has 0 aliphatic carbocycles. The number of amides is 1. The number of hydrogen-bond acceptors (Lipinski definition) is 5. The molecule has 8 nitrogen and oxygen atoms in total. The monoisotopic (exact) mass is 318 g/mol. The second-order valence-electron chi connectivity index (χ2n) is 5.09. The topological polar surface area (TPSA) is 106 Å². The molecule has 1 atom stereocenters. The quantitative estimate of drug-likeness (QED) is 0.772. The summed E-state index contributed by atoms with van der Waals surface area (Å²) in [5.74, 6) is -1.33. The number of hydrogen-bond donors (Lipinski definition) is 2. The molecule has 0 spiro atoms. The lowest BCUT2D eigenvalue weighted by Gasteiger charge is -2.27. The van der Waals surface area contributed by atoms with E-state index in [1.807, 2.05) is 30.3 Å². The van der Waals surface area contributed by atoms with Gasteiger partial charge in [-0.25, -0.2) is 4.68 Å². The van der Waals surface area contributed by atoms with Gasteiger partial charge < -0.3 is 15.2 Å². The van der Waals surface area contributed by atoms with Crippen molar-refractivity contribution in [2.24, 2.45) is 0 Å². The Morgan fingerprint density at radius 2 is 2.04 bits per heavy atom. The number of methoxy groups -OCH3 is 1. The van der Waals surface area contributed by atoms with Crippen molar-refractivity contribution in [3.8, 4) is 0 Å². The first-order valence-corrected chi connectivity index (χ1v) is 6.95. The number of carbonyl (C=O) groups is 2. The Morgan fingerprint density at radius 1 is 1.35 bits per heavy atom. The molecule has 2 aromatic rings. The highest BCUT2D eigenvalue weighted by atomic mass is 16.5. The van der Waals surface area contributed by atoms with Gasteiger partial charge in [-0.3, -0.25) is 9.59 Å². The van der Waals surface area contributed by atoms with Gasteiger partial charge in [0.1, 0.15) is 12.2 Å². The number of carboxylic acids is 1. The highest BCUT2D eigenvalue weighted by Gasteiger charge is 2.34. The van der Waals surface area contributed by atoms with Gasteiger partial charge in [0.05, 0.1) is 12.7 Å². The summed E-state index contributed by atoms with van der Waals surface area (Å²) in [6, 6.07) is 9.14. The number of nitrogens with zero attached hydrogens (tertiary/aromatic N) is 3. The van der Waals surface area contributed by atoms with Gasteiger partial charge in [-0.05, 0) is 12.5 Å². The standard InChI is InChI=1S/C15H18N4O4/c1-15(23-2,11-6-4-3-5-7-11)14(22)16-8-12-9-19(18-17-12)10-13(20)21/h3-7,9H,8,10H2,1-2H3,(H,16,22)(H,20,21). The minimum Gasteiger partial charge on any atom is -0.480 e. The Balaban J connectivity index is 2.03. The summed E-state index contributed by atoms with van der Waals surface area (Å²) in [7, 11) is 1.47. The van der Waals surface area contributed by atoms with Gasteiger partial charge in [-0.1, -0.05) is 35.5 Å². The fourth-order valence-corrected chi connectivity index (χ4v) is 2.07. The normalized spacial score (nSPS) is 13.3. The molecule has 1 aromatic heterocycles. The van der Waals surface area contributed by atoms with Crippen LogP contribution in [0.1, 0.15) is 18.2 Å². The first-order chi connectivity index (χ1) is 11.0. The zero-order valence-electron chi connectivity index (χ0n) is 12.9. The van der Waals surface area contributed by atoms with Crippen LogP contribution in [-0.2, 0) is 33.0 Å². The molecular formula is C15H18N4O4. The molecular weight excluding hydrogens is 300 g/mol. The molecule has 122 valence electrons. The van der Waals surface area contributed by atoms with E-state index in [1.54, 1.807) is 6.92 Å². The minimum atomic E-state index is -1.13. The lowest BCUT2D eigenvalue weighted by Crippen LogP contribution is -2.43. The van der Waals surface area contributed by atoms with Gasteiger partial charge in [0.2, 0.25) is 0 Å². The van der Waals surface area contributed by atoms with Gasteiger partial charge in [0, 0.05) is 7.11 Å². The summed E-state index contributed by atoms with van der Waals surface area (Å²) in [6.07, 6.45) is 1.47. The SMILES string of the molecule is COC(C)(C(=O)NCc1cn(CC(=O)O)nn1)c1ccccc1. The van der Waals surface area contributed by atoms with E-state index in [0.717, 1.165) is 5.56 Å². The van der Waals surface area contributed by atoms with E-state index in [-0.39, 0.29) is 19.0 Å². The van der Waals surface area contributed by atoms with Gasteiger partial charge >= 0.3 is 5.97 Å². The van der Waals surface area contributed by atoms with E-state index in [4.69, 9.17) is 9.84 Å². The summed E-state index contributed by atoms with van der Waals surface area (Å²) >= 11 is 0. The summed E-state index contributed by atoms with van der Waals surface area (Å²) in [6.45, 7) is 1.53. The summed E-state index contributed by atoms with van der Waals surface area (Å²) in [4.78, 5) is 23.1. The molecule has 1 heterocycles. The maximum Gasteiger partial charge on any atom is 0.325 e. The molecule has 0 aliphatic rings. The van der Waals surface area contributed by atoms with E-state index >= 15 is 0 Å². The third kappa shape index (κ3) is 3.92. The van der Waals surface area contributed by atoms with E-state index in [2.05, 4.69) is 15.6 Å². The summed E-state index contributed by atoms with van der Waals surface area (Å²) < 4.78 is 6.59. The van der Waals surface area contributed by atoms with Crippen LogP contribution in [0.3, 0.4) is 0 Å². The van der Waals surface area contributed by atoms with Gasteiger partial charge in [0.25, 0.3) is 5.91 Å². The number of carbonyl (C=O) groups excluding carboxylic acids is 1. The highest BCUT2D eigenvalue weighted by Crippen LogP contribution is 2.24. The largest absolute Gasteiger partial charge is 0.480 e. The van der Waals surface area contributed by atoms with Crippen molar-refractivity contribution in [1.29, 1.82) is 0 Å². The zero-order chi connectivity index (χ0) is 16.9. The third-order valence-electron chi connectivity index (χ3n) is 3.48. The van der Waals surface area contributed by atoms with Gasteiger partial charge in [0.15, 0.2) is 5.60 Å². The summed E-state index contributed by atoms with van der Waals surface area (Å²) in [5, 5.41) is 18.9. The highest BCUT2D eigenvalue weighted by molar-refractivity contribution is 5.86. The number of nitrogens with one attached hydrogen (secondary N) is 1. The first kappa shape index (κ1) is 16.6. The first-order valence-electron chi connectivity index (χ1n) is 6.95. The van der Waals surface area contributed by atoms with E-state index < -0.39 is 11.6 Å². The van der Waals surface area contributed by atoms with Crippen molar-refractivity contribution in [3.63, 3.8) is 0 Å². The number of carboxylic acid groups (broad SMARTS) is 1. The Labute approximate surface area is 133 Å². The van der Waals surface area contributed by atoms with Crippen LogP contribution in [0.25, 0.3) is 0 Å². The molecule has 1 unspecified atom stereocenters. The predicted molar refractivity (Wildman–Crippen MR) is 80.3 cm³/mol. The van der Waals surface area contributed by atoms with Crippen molar-refractivity contribution < 1.29 is 19.4 Å². The number of aliphatic carboxylic acids is 1. The van der Waals surface area contributed by atoms with Gasteiger partial charge in [-0.2, -0.15) is 0 Å². The second kappa shape index (κ2) is 7.01. The van der Waals surface area contributed by atoms with Crippen molar-refractivity contribution >= 4 is 11.9 Å². The molecule has 0 bridgehead atoms. The van der Waals surface area contributed by atoms with E-state index in [9.17, 15) is 9.59 Å². The molecule has 2 N–H and O–H groups in total. The molecule has 1 amide bonds. The van der Waals surface area contributed by atoms with Crippen LogP contribution in [-0.4, -0.2) is 39.1 Å². The van der Waals surface area contributed by atoms with Crippen molar-refractivity contribution in [2.45, 2.75) is 25.6 Å². The fraction of sp³-hybridized carbons (Fsp3) is 0.333. The zero-order valence-corrected chi connectivity index (χ0v) is 12.9. The van der Waals surface area contributed by atoms with Crippen LogP contribution in [0.15, 0.2) is 36.5 Å². The van der Waals surface area contributed by atoms with Crippen LogP contribution in [0, 0.1) is 0 Å². The molecule has 2 rings (SSSR count). The van der Waals surface area contributed by atoms with E-state index in [0.29, 0.717) is 5.69 Å². The van der Waals surface area contributed by atoms with Crippen LogP contribution < -0.4 is 5.32 Å². The average Bonchev–Trinajstić information content (AvgIpc) is 2.99. The number of benzene rings is 1. The van der Waals surface area contributed by atoms with Crippen molar-refractivity contribution in [2.75, 3.05) is 7.11 Å². The van der Waals surface area contributed by atoms with Gasteiger partial charge in [-0.15, -0.1) is 5.10 Å². The molecule has 0 fully saturated rings. The van der Waals surface area contributed by atoms with Crippen LogP contribution in [0.4, 0.5) is 0 Å². The Morgan fingerprint density at radius 3 is 2.65 bits per heavy atom. The molecule has 23 heavy (non-hydrogen) atoms. The lowest BCUT2D eigenvalue weighted by atomic mass is 9.95.